The molecule has 0 aliphatic carbocycles. The molecule has 2 aromatic rings. The van der Waals surface area contributed by atoms with Gasteiger partial charge in [-0.3, -0.25) is 9.69 Å². The molecule has 0 bridgehead atoms. The minimum atomic E-state index is -3.74. The number of carbonyl (C=O) groups is 1. The second-order valence-corrected chi connectivity index (χ2v) is 8.86. The number of likely N-dealkylation sites (N-methyl/N-ethyl adjacent to an activating group) is 1. The Kier molecular flexibility index (Phi) is 8.16. The van der Waals surface area contributed by atoms with E-state index in [1.165, 1.54) is 57.6 Å². The third-order valence-electron chi connectivity index (χ3n) is 4.17. The van der Waals surface area contributed by atoms with E-state index in [2.05, 4.69) is 5.32 Å². The summed E-state index contributed by atoms with van der Waals surface area (Å²) in [4.78, 5) is 14.0. The van der Waals surface area contributed by atoms with Gasteiger partial charge in [0, 0.05) is 26.3 Å². The fourth-order valence-electron chi connectivity index (χ4n) is 2.53. The molecule has 0 atom stereocenters. The summed E-state index contributed by atoms with van der Waals surface area (Å²) < 4.78 is 49.5. The molecule has 0 saturated carbocycles. The SMILES string of the molecule is COc1ccc(NC(=O)CN(C)CCOc2ccc(F)cc2)cc1S(=O)(=O)N(C)C. The molecule has 0 aliphatic rings. The first-order valence-corrected chi connectivity index (χ1v) is 10.5. The highest BCUT2D eigenvalue weighted by Gasteiger charge is 2.23. The second kappa shape index (κ2) is 10.4. The van der Waals surface area contributed by atoms with Gasteiger partial charge in [-0.05, 0) is 49.5 Å². The van der Waals surface area contributed by atoms with E-state index in [1.807, 2.05) is 0 Å². The van der Waals surface area contributed by atoms with Crippen molar-refractivity contribution in [1.29, 1.82) is 0 Å². The van der Waals surface area contributed by atoms with Crippen LogP contribution in [0.2, 0.25) is 0 Å². The maximum absolute atomic E-state index is 12.9. The number of halogens is 1. The van der Waals surface area contributed by atoms with Gasteiger partial charge in [-0.15, -0.1) is 0 Å². The van der Waals surface area contributed by atoms with Crippen LogP contribution in [0.15, 0.2) is 47.4 Å². The van der Waals surface area contributed by atoms with E-state index in [1.54, 1.807) is 18.0 Å². The molecule has 0 saturated heterocycles. The zero-order valence-electron chi connectivity index (χ0n) is 17.4. The molecule has 0 fully saturated rings. The predicted molar refractivity (Wildman–Crippen MR) is 112 cm³/mol. The van der Waals surface area contributed by atoms with Gasteiger partial charge in [-0.25, -0.2) is 17.1 Å². The highest BCUT2D eigenvalue weighted by atomic mass is 32.2. The number of methoxy groups -OCH3 is 1. The number of anilines is 1. The summed E-state index contributed by atoms with van der Waals surface area (Å²) in [6.45, 7) is 0.866. The van der Waals surface area contributed by atoms with Gasteiger partial charge in [0.05, 0.1) is 13.7 Å². The molecule has 2 aromatic carbocycles. The van der Waals surface area contributed by atoms with Gasteiger partial charge in [-0.1, -0.05) is 0 Å². The van der Waals surface area contributed by atoms with Crippen molar-refractivity contribution in [3.8, 4) is 11.5 Å². The lowest BCUT2D eigenvalue weighted by Gasteiger charge is -2.18. The lowest BCUT2D eigenvalue weighted by atomic mass is 10.3. The van der Waals surface area contributed by atoms with Crippen LogP contribution in [0, 0.1) is 5.82 Å². The van der Waals surface area contributed by atoms with E-state index in [0.29, 0.717) is 24.6 Å². The number of nitrogens with zero attached hydrogens (tertiary/aromatic N) is 2. The first-order valence-electron chi connectivity index (χ1n) is 9.11. The Morgan fingerprint density at radius 3 is 2.37 bits per heavy atom. The third-order valence-corrected chi connectivity index (χ3v) is 6.01. The van der Waals surface area contributed by atoms with Gasteiger partial charge < -0.3 is 14.8 Å². The normalized spacial score (nSPS) is 11.6. The molecule has 0 aromatic heterocycles. The summed E-state index contributed by atoms with van der Waals surface area (Å²) in [6, 6.07) is 10.1. The number of carbonyl (C=O) groups excluding carboxylic acids is 1. The Morgan fingerprint density at radius 1 is 1.10 bits per heavy atom. The molecule has 8 nitrogen and oxygen atoms in total. The summed E-state index contributed by atoms with van der Waals surface area (Å²) >= 11 is 0. The smallest absolute Gasteiger partial charge is 0.246 e. The highest BCUT2D eigenvalue weighted by Crippen LogP contribution is 2.28. The van der Waals surface area contributed by atoms with Gasteiger partial charge >= 0.3 is 0 Å². The molecular weight excluding hydrogens is 413 g/mol. The van der Waals surface area contributed by atoms with Crippen molar-refractivity contribution in [2.45, 2.75) is 4.90 Å². The third kappa shape index (κ3) is 6.41. The molecule has 1 amide bonds. The Hall–Kier alpha value is -2.69. The molecule has 0 radical (unpaired) electrons. The number of benzene rings is 2. The quantitative estimate of drug-likeness (QED) is 0.610. The topological polar surface area (TPSA) is 88.2 Å². The van der Waals surface area contributed by atoms with Crippen LogP contribution in [0.5, 0.6) is 11.5 Å². The van der Waals surface area contributed by atoms with Crippen molar-refractivity contribution >= 4 is 21.6 Å². The molecule has 164 valence electrons. The minimum absolute atomic E-state index is 0.0335. The van der Waals surface area contributed by atoms with E-state index in [4.69, 9.17) is 9.47 Å². The molecule has 0 unspecified atom stereocenters. The van der Waals surface area contributed by atoms with Crippen molar-refractivity contribution in [3.63, 3.8) is 0 Å². The van der Waals surface area contributed by atoms with Crippen LogP contribution >= 0.6 is 0 Å². The van der Waals surface area contributed by atoms with Gasteiger partial charge in [0.2, 0.25) is 15.9 Å². The van der Waals surface area contributed by atoms with Crippen LogP contribution < -0.4 is 14.8 Å². The number of rotatable bonds is 10. The molecular formula is C20H26FN3O5S. The fourth-order valence-corrected chi connectivity index (χ4v) is 3.60. The summed E-state index contributed by atoms with van der Waals surface area (Å²) in [7, 11) is 2.24. The van der Waals surface area contributed by atoms with E-state index >= 15 is 0 Å². The number of sulfonamides is 1. The van der Waals surface area contributed by atoms with E-state index in [9.17, 15) is 17.6 Å². The number of ether oxygens (including phenoxy) is 2. The average molecular weight is 440 g/mol. The van der Waals surface area contributed by atoms with Crippen LogP contribution in [0.3, 0.4) is 0 Å². The Bertz CT molecular complexity index is 965. The fraction of sp³-hybridized carbons (Fsp3) is 0.350. The van der Waals surface area contributed by atoms with Gasteiger partial charge in [0.1, 0.15) is 28.8 Å². The van der Waals surface area contributed by atoms with E-state index < -0.39 is 10.0 Å². The van der Waals surface area contributed by atoms with E-state index in [-0.39, 0.29) is 28.9 Å². The molecule has 0 heterocycles. The molecule has 2 rings (SSSR count). The van der Waals surface area contributed by atoms with Crippen LogP contribution in [0.1, 0.15) is 0 Å². The predicted octanol–water partition coefficient (Wildman–Crippen LogP) is 2.03. The summed E-state index contributed by atoms with van der Waals surface area (Å²) in [6.07, 6.45) is 0. The van der Waals surface area contributed by atoms with Crippen molar-refractivity contribution in [2.75, 3.05) is 53.3 Å². The zero-order chi connectivity index (χ0) is 22.3. The molecule has 0 aliphatic heterocycles. The lowest BCUT2D eigenvalue weighted by molar-refractivity contribution is -0.117. The Morgan fingerprint density at radius 2 is 1.77 bits per heavy atom. The lowest BCUT2D eigenvalue weighted by Crippen LogP contribution is -2.33. The molecule has 1 N–H and O–H groups in total. The summed E-state index contributed by atoms with van der Waals surface area (Å²) in [5.74, 6) is 0.0905. The van der Waals surface area contributed by atoms with Gasteiger partial charge in [0.25, 0.3) is 0 Å². The van der Waals surface area contributed by atoms with Gasteiger partial charge in [-0.2, -0.15) is 0 Å². The van der Waals surface area contributed by atoms with Crippen molar-refractivity contribution in [1.82, 2.24) is 9.21 Å². The van der Waals surface area contributed by atoms with Crippen molar-refractivity contribution < 1.29 is 27.1 Å². The Balaban J connectivity index is 1.93. The van der Waals surface area contributed by atoms with Crippen LogP contribution in [-0.4, -0.2) is 71.5 Å². The number of hydrogen-bond acceptors (Lipinski definition) is 6. The summed E-state index contributed by atoms with van der Waals surface area (Å²) in [5.41, 5.74) is 0.345. The Labute approximate surface area is 176 Å². The first kappa shape index (κ1) is 23.6. The van der Waals surface area contributed by atoms with E-state index in [0.717, 1.165) is 4.31 Å². The maximum Gasteiger partial charge on any atom is 0.246 e. The monoisotopic (exact) mass is 439 g/mol. The maximum atomic E-state index is 12.9. The second-order valence-electron chi connectivity index (χ2n) is 6.74. The molecule has 30 heavy (non-hydrogen) atoms. The van der Waals surface area contributed by atoms with Crippen LogP contribution in [-0.2, 0) is 14.8 Å². The minimum Gasteiger partial charge on any atom is -0.495 e. The van der Waals surface area contributed by atoms with Crippen molar-refractivity contribution in [3.05, 3.63) is 48.3 Å². The average Bonchev–Trinajstić information content (AvgIpc) is 2.69. The standard InChI is InChI=1S/C20H26FN3O5S/c1-23(2)30(26,27)19-13-16(7-10-18(19)28-4)22-20(25)14-24(3)11-12-29-17-8-5-15(21)6-9-17/h5-10,13H,11-12,14H2,1-4H3,(H,22,25). The first-order chi connectivity index (χ1) is 14.1. The zero-order valence-corrected chi connectivity index (χ0v) is 18.2. The highest BCUT2D eigenvalue weighted by molar-refractivity contribution is 7.89. The molecule has 0 spiro atoms. The van der Waals surface area contributed by atoms with Gasteiger partial charge in [0.15, 0.2) is 0 Å². The van der Waals surface area contributed by atoms with Crippen molar-refractivity contribution in [2.24, 2.45) is 0 Å². The number of hydrogen-bond donors (Lipinski definition) is 1. The van der Waals surface area contributed by atoms with Crippen LogP contribution in [0.25, 0.3) is 0 Å². The number of amides is 1. The largest absolute Gasteiger partial charge is 0.495 e. The van der Waals surface area contributed by atoms with Crippen LogP contribution in [0.4, 0.5) is 10.1 Å². The summed E-state index contributed by atoms with van der Waals surface area (Å²) in [5, 5.41) is 2.69. The molecule has 10 heteroatoms. The number of nitrogens with one attached hydrogen (secondary N) is 1.